The third-order valence-corrected chi connectivity index (χ3v) is 14.4. The molecular formula is C68H32N14. The minimum absolute atomic E-state index is 0.230. The van der Waals surface area contributed by atoms with Gasteiger partial charge >= 0.3 is 0 Å². The number of nitrogens with zero attached hydrogens (tertiary/aromatic N) is 14. The van der Waals surface area contributed by atoms with Crippen molar-refractivity contribution in [2.75, 3.05) is 0 Å². The summed E-state index contributed by atoms with van der Waals surface area (Å²) >= 11 is 0. The molecular weight excluding hydrogens is 1010 g/mol. The molecule has 0 spiro atoms. The second kappa shape index (κ2) is 19.9. The Balaban J connectivity index is 1.22. The van der Waals surface area contributed by atoms with E-state index in [0.29, 0.717) is 146 Å². The standard InChI is InChI=1S/C68H32N14/c1-38-78-39(2)80-68(79-38)61-32-62(81-63-27-44(48-15-40(33-69)19-53(23-48)74-3)7-11-57(63)58-12-8-45(28-64(58)81)49-16-41(34-70)20-54(24-49)75-4)52(37-73)31-67(61)82-65-29-46(50-17-42(35-71)21-55(25-50)76-5)9-13-59(65)60-14-10-47(30-66(60)82)51-18-43(36-72)22-56(26-51)77-6/h7-32H,1-2H3. The quantitative estimate of drug-likeness (QED) is 0.141. The lowest BCUT2D eigenvalue weighted by atomic mass is 9.99. The molecule has 0 saturated heterocycles. The highest BCUT2D eigenvalue weighted by Gasteiger charge is 2.25. The van der Waals surface area contributed by atoms with Crippen molar-refractivity contribution in [2.24, 2.45) is 0 Å². The van der Waals surface area contributed by atoms with Gasteiger partial charge < -0.3 is 9.13 Å². The topological polar surface area (TPSA) is 185 Å². The van der Waals surface area contributed by atoms with Crippen LogP contribution in [0.3, 0.4) is 0 Å². The number of benzene rings is 9. The maximum atomic E-state index is 11.7. The predicted octanol–water partition coefficient (Wildman–Crippen LogP) is 16.6. The molecule has 0 N–H and O–H groups in total. The molecule has 9 aromatic carbocycles. The fraction of sp³-hybridized carbons (Fsp3) is 0.0294. The molecule has 0 bridgehead atoms. The zero-order valence-electron chi connectivity index (χ0n) is 43.3. The van der Waals surface area contributed by atoms with E-state index in [2.05, 4.69) is 54.7 Å². The van der Waals surface area contributed by atoms with Gasteiger partial charge in [-0.1, -0.05) is 48.5 Å². The Kier molecular flexibility index (Phi) is 12.1. The molecule has 0 amide bonds. The number of aromatic nitrogens is 5. The van der Waals surface area contributed by atoms with E-state index in [1.165, 1.54) is 12.1 Å². The van der Waals surface area contributed by atoms with Gasteiger partial charge in [0.05, 0.1) is 89.6 Å². The Morgan fingerprint density at radius 1 is 0.341 bits per heavy atom. The van der Waals surface area contributed by atoms with Crippen molar-refractivity contribution in [1.29, 1.82) is 26.3 Å². The number of rotatable bonds is 7. The van der Waals surface area contributed by atoms with E-state index in [4.69, 9.17) is 36.3 Å². The molecule has 3 heterocycles. The Hall–Kier alpha value is -13.0. The van der Waals surface area contributed by atoms with Crippen LogP contribution in [-0.2, 0) is 0 Å². The molecule has 12 aromatic rings. The first-order chi connectivity index (χ1) is 39.9. The second-order valence-electron chi connectivity index (χ2n) is 19.3. The zero-order chi connectivity index (χ0) is 56.9. The van der Waals surface area contributed by atoms with Gasteiger partial charge in [0.2, 0.25) is 0 Å². The minimum Gasteiger partial charge on any atom is -0.308 e. The molecule has 0 fully saturated rings. The molecule has 12 rings (SSSR count). The van der Waals surface area contributed by atoms with Crippen molar-refractivity contribution in [3.8, 4) is 97.6 Å². The highest BCUT2D eigenvalue weighted by molar-refractivity contribution is 6.13. The van der Waals surface area contributed by atoms with Crippen LogP contribution >= 0.6 is 0 Å². The van der Waals surface area contributed by atoms with Crippen molar-refractivity contribution < 1.29 is 0 Å². The van der Waals surface area contributed by atoms with Gasteiger partial charge in [-0.15, -0.1) is 0 Å². The zero-order valence-corrected chi connectivity index (χ0v) is 43.3. The highest BCUT2D eigenvalue weighted by atomic mass is 15.1. The largest absolute Gasteiger partial charge is 0.308 e. The average Bonchev–Trinajstić information content (AvgIpc) is 3.16. The van der Waals surface area contributed by atoms with Crippen molar-refractivity contribution in [1.82, 2.24) is 24.1 Å². The van der Waals surface area contributed by atoms with Crippen LogP contribution in [0.4, 0.5) is 22.7 Å². The summed E-state index contributed by atoms with van der Waals surface area (Å²) in [6.07, 6.45) is 0. The average molecular weight is 1050 g/mol. The number of hydrogen-bond acceptors (Lipinski definition) is 8. The lowest BCUT2D eigenvalue weighted by molar-refractivity contribution is 0.926. The van der Waals surface area contributed by atoms with Gasteiger partial charge in [-0.05, 0) is 168 Å². The Morgan fingerprint density at radius 2 is 0.659 bits per heavy atom. The smallest absolute Gasteiger partial charge is 0.189 e. The molecule has 0 aliphatic carbocycles. The third kappa shape index (κ3) is 8.53. The summed E-state index contributed by atoms with van der Waals surface area (Å²) in [5.41, 5.74) is 12.2. The summed E-state index contributed by atoms with van der Waals surface area (Å²) in [7, 11) is 0. The van der Waals surface area contributed by atoms with Gasteiger partial charge in [-0.25, -0.2) is 34.3 Å². The number of fused-ring (bicyclic) bond motifs is 6. The minimum atomic E-state index is 0.230. The molecule has 0 aliphatic heterocycles. The van der Waals surface area contributed by atoms with Crippen LogP contribution in [0.5, 0.6) is 0 Å². The van der Waals surface area contributed by atoms with Crippen molar-refractivity contribution in [3.63, 3.8) is 0 Å². The maximum Gasteiger partial charge on any atom is 0.189 e. The normalized spacial score (nSPS) is 10.7. The van der Waals surface area contributed by atoms with Crippen LogP contribution in [-0.4, -0.2) is 24.1 Å². The number of aryl methyl sites for hydroxylation is 2. The second-order valence-corrected chi connectivity index (χ2v) is 19.3. The first kappa shape index (κ1) is 49.9. The molecule has 14 nitrogen and oxygen atoms in total. The van der Waals surface area contributed by atoms with Crippen molar-refractivity contribution >= 4 is 66.4 Å². The van der Waals surface area contributed by atoms with Crippen LogP contribution in [0.15, 0.2) is 158 Å². The van der Waals surface area contributed by atoms with Gasteiger partial charge in [0.15, 0.2) is 28.6 Å². The summed E-state index contributed by atoms with van der Waals surface area (Å²) in [5.74, 6) is 1.17. The van der Waals surface area contributed by atoms with Crippen LogP contribution in [0.2, 0.25) is 0 Å². The summed E-state index contributed by atoms with van der Waals surface area (Å²) < 4.78 is 4.03. The summed E-state index contributed by atoms with van der Waals surface area (Å²) in [5, 5.41) is 55.1. The Bertz CT molecular complexity index is 4850. The van der Waals surface area contributed by atoms with Crippen molar-refractivity contribution in [2.45, 2.75) is 13.8 Å². The lowest BCUT2D eigenvalue weighted by Gasteiger charge is -2.19. The van der Waals surface area contributed by atoms with E-state index < -0.39 is 0 Å². The Labute approximate surface area is 468 Å². The van der Waals surface area contributed by atoms with E-state index in [1.54, 1.807) is 80.6 Å². The van der Waals surface area contributed by atoms with Crippen LogP contribution in [0, 0.1) is 96.8 Å². The lowest BCUT2D eigenvalue weighted by Crippen LogP contribution is -2.07. The first-order valence-corrected chi connectivity index (χ1v) is 25.1. The van der Waals surface area contributed by atoms with Crippen LogP contribution in [0.25, 0.3) is 130 Å². The van der Waals surface area contributed by atoms with E-state index in [1.807, 2.05) is 88.0 Å². The summed E-state index contributed by atoms with van der Waals surface area (Å²) in [6, 6.07) is 58.6. The highest BCUT2D eigenvalue weighted by Crippen LogP contribution is 2.44. The van der Waals surface area contributed by atoms with Crippen molar-refractivity contribution in [3.05, 3.63) is 243 Å². The monoisotopic (exact) mass is 1040 g/mol. The molecule has 0 atom stereocenters. The van der Waals surface area contributed by atoms with E-state index in [-0.39, 0.29) is 5.56 Å². The Morgan fingerprint density at radius 3 is 0.951 bits per heavy atom. The fourth-order valence-electron chi connectivity index (χ4n) is 10.9. The van der Waals surface area contributed by atoms with Crippen LogP contribution in [0.1, 0.15) is 39.5 Å². The van der Waals surface area contributed by atoms with Crippen LogP contribution < -0.4 is 0 Å². The molecule has 0 saturated carbocycles. The molecule has 374 valence electrons. The summed E-state index contributed by atoms with van der Waals surface area (Å²) in [4.78, 5) is 29.1. The van der Waals surface area contributed by atoms with E-state index in [9.17, 15) is 26.3 Å². The molecule has 0 radical (unpaired) electrons. The van der Waals surface area contributed by atoms with Gasteiger partial charge in [0.25, 0.3) is 0 Å². The third-order valence-electron chi connectivity index (χ3n) is 14.4. The maximum absolute atomic E-state index is 11.7. The molecule has 3 aromatic heterocycles. The first-order valence-electron chi connectivity index (χ1n) is 25.1. The van der Waals surface area contributed by atoms with E-state index in [0.717, 1.165) is 21.5 Å². The van der Waals surface area contributed by atoms with Gasteiger partial charge in [0, 0.05) is 49.4 Å². The SMILES string of the molecule is [C-]#[N+]c1cc(C#N)cc(-c2ccc3c4ccc(-c5cc(C#N)cc([N+]#[C-])c5)cc4n(-c4cc(-c5nc(C)nc(C)n5)c(-n5c6cc(-c7cc(C#N)cc([N+]#[C-])c7)ccc6c6ccc(-c7cc(C#N)cc([N+]#[C-])c7)cc65)cc4C#N)c3c2)c1. The molecule has 82 heavy (non-hydrogen) atoms. The van der Waals surface area contributed by atoms with Gasteiger partial charge in [0.1, 0.15) is 17.7 Å². The fourth-order valence-corrected chi connectivity index (χ4v) is 10.9. The number of hydrogen-bond donors (Lipinski definition) is 0. The summed E-state index contributed by atoms with van der Waals surface area (Å²) in [6.45, 7) is 34.9. The van der Waals surface area contributed by atoms with E-state index >= 15 is 0 Å². The predicted molar refractivity (Wildman–Crippen MR) is 314 cm³/mol. The van der Waals surface area contributed by atoms with Gasteiger partial charge in [-0.3, -0.25) is 0 Å². The number of nitriles is 5. The molecule has 0 aliphatic rings. The molecule has 14 heteroatoms. The van der Waals surface area contributed by atoms with Gasteiger partial charge in [-0.2, -0.15) is 26.3 Å². The molecule has 0 unspecified atom stereocenters.